The molecule has 0 aromatic rings. The molecule has 2 unspecified atom stereocenters. The third-order valence-electron chi connectivity index (χ3n) is 2.63. The second kappa shape index (κ2) is 6.81. The number of carbonyl (C=O) groups excluding carboxylic acids is 1. The molecule has 104 valence electrons. The number of carbonyl (C=O) groups is 1. The van der Waals surface area contributed by atoms with Gasteiger partial charge in [-0.3, -0.25) is 4.79 Å². The fraction of sp³-hybridized carbons (Fsp3) is 0.727. The minimum atomic E-state index is -1.30. The molecule has 1 aliphatic heterocycles. The first-order chi connectivity index (χ1) is 8.51. The molecule has 0 bridgehead atoms. The smallest absolute Gasteiger partial charge is 0.217 e. The molecule has 4 N–H and O–H groups in total. The van der Waals surface area contributed by atoms with Crippen molar-refractivity contribution < 1.29 is 29.6 Å². The van der Waals surface area contributed by atoms with Gasteiger partial charge in [-0.1, -0.05) is 6.08 Å². The summed E-state index contributed by atoms with van der Waals surface area (Å²) >= 11 is 0. The Hall–Kier alpha value is -0.990. The van der Waals surface area contributed by atoms with E-state index < -0.39 is 37.3 Å². The average molecular weight is 261 g/mol. The molecule has 0 spiro atoms. The molecule has 0 aromatic heterocycles. The average Bonchev–Trinajstić information content (AvgIpc) is 2.33. The number of aliphatic hydroxyl groups excluding tert-OH is 3. The van der Waals surface area contributed by atoms with Gasteiger partial charge < -0.3 is 30.1 Å². The third-order valence-corrected chi connectivity index (χ3v) is 2.63. The topological polar surface area (TPSA) is 108 Å². The largest absolute Gasteiger partial charge is 0.394 e. The number of hydrogen-bond acceptors (Lipinski definition) is 6. The van der Waals surface area contributed by atoms with E-state index in [1.54, 1.807) is 0 Å². The molecule has 1 saturated heterocycles. The van der Waals surface area contributed by atoms with Crippen molar-refractivity contribution in [2.24, 2.45) is 0 Å². The summed E-state index contributed by atoms with van der Waals surface area (Å²) in [7, 11) is 0. The third kappa shape index (κ3) is 3.50. The molecule has 7 heteroatoms. The maximum atomic E-state index is 11.1. The molecule has 18 heavy (non-hydrogen) atoms. The highest BCUT2D eigenvalue weighted by atomic mass is 16.7. The van der Waals surface area contributed by atoms with Gasteiger partial charge in [-0.2, -0.15) is 0 Å². The van der Waals surface area contributed by atoms with Crippen molar-refractivity contribution in [1.29, 1.82) is 0 Å². The summed E-state index contributed by atoms with van der Waals surface area (Å²) in [5, 5.41) is 31.1. The van der Waals surface area contributed by atoms with Crippen molar-refractivity contribution in [1.82, 2.24) is 5.32 Å². The highest BCUT2D eigenvalue weighted by Crippen LogP contribution is 2.22. The Balaban J connectivity index is 2.79. The summed E-state index contributed by atoms with van der Waals surface area (Å²) in [5.74, 6) is -0.385. The van der Waals surface area contributed by atoms with Crippen LogP contribution in [0.3, 0.4) is 0 Å². The van der Waals surface area contributed by atoms with E-state index in [0.717, 1.165) is 0 Å². The Labute approximate surface area is 105 Å². The maximum absolute atomic E-state index is 11.1. The first-order valence-electron chi connectivity index (χ1n) is 5.63. The highest BCUT2D eigenvalue weighted by Gasteiger charge is 2.45. The lowest BCUT2D eigenvalue weighted by Gasteiger charge is -2.42. The van der Waals surface area contributed by atoms with Gasteiger partial charge in [-0.15, -0.1) is 6.58 Å². The van der Waals surface area contributed by atoms with Gasteiger partial charge in [0.05, 0.1) is 13.2 Å². The Bertz CT molecular complexity index is 297. The van der Waals surface area contributed by atoms with Crippen LogP contribution >= 0.6 is 0 Å². The summed E-state index contributed by atoms with van der Waals surface area (Å²) < 4.78 is 10.5. The minimum Gasteiger partial charge on any atom is -0.394 e. The van der Waals surface area contributed by atoms with E-state index >= 15 is 0 Å². The van der Waals surface area contributed by atoms with Crippen LogP contribution in [0.2, 0.25) is 0 Å². The van der Waals surface area contributed by atoms with Crippen molar-refractivity contribution in [3.8, 4) is 0 Å². The molecule has 1 heterocycles. The molecule has 1 rings (SSSR count). The van der Waals surface area contributed by atoms with Gasteiger partial charge in [-0.25, -0.2) is 0 Å². The fourth-order valence-corrected chi connectivity index (χ4v) is 1.78. The highest BCUT2D eigenvalue weighted by molar-refractivity contribution is 5.73. The summed E-state index contributed by atoms with van der Waals surface area (Å²) in [4.78, 5) is 11.1. The standard InChI is InChI=1S/C11H19NO6/c1-3-4-17-11-8(12-6(2)14)10(16)9(15)7(5-13)18-11/h3,7-11,13,15-16H,1,4-5H2,2H3,(H,12,14)/t7?,8?,9-,10+,11-/m0/s1. The normalized spacial score (nSPS) is 36.1. The van der Waals surface area contributed by atoms with E-state index in [0.29, 0.717) is 0 Å². The Morgan fingerprint density at radius 3 is 2.67 bits per heavy atom. The lowest BCUT2D eigenvalue weighted by Crippen LogP contribution is -2.64. The number of rotatable bonds is 5. The van der Waals surface area contributed by atoms with Gasteiger partial charge in [0.2, 0.25) is 5.91 Å². The van der Waals surface area contributed by atoms with E-state index in [1.165, 1.54) is 13.0 Å². The van der Waals surface area contributed by atoms with E-state index in [1.807, 2.05) is 0 Å². The SMILES string of the molecule is C=CCO[C@H]1OC(CO)[C@H](O)[C@H](O)C1NC(C)=O. The van der Waals surface area contributed by atoms with E-state index in [2.05, 4.69) is 11.9 Å². The Morgan fingerprint density at radius 1 is 1.50 bits per heavy atom. The minimum absolute atomic E-state index is 0.154. The summed E-state index contributed by atoms with van der Waals surface area (Å²) in [6.07, 6.45) is -3.01. The summed E-state index contributed by atoms with van der Waals surface area (Å²) in [5.41, 5.74) is 0. The Kier molecular flexibility index (Phi) is 5.70. The molecule has 7 nitrogen and oxygen atoms in total. The van der Waals surface area contributed by atoms with Gasteiger partial charge in [0, 0.05) is 6.92 Å². The van der Waals surface area contributed by atoms with Crippen LogP contribution in [-0.2, 0) is 14.3 Å². The van der Waals surface area contributed by atoms with Crippen molar-refractivity contribution in [3.63, 3.8) is 0 Å². The molecule has 0 radical (unpaired) electrons. The number of amides is 1. The van der Waals surface area contributed by atoms with Gasteiger partial charge in [0.1, 0.15) is 24.4 Å². The van der Waals surface area contributed by atoms with Crippen LogP contribution in [0.25, 0.3) is 0 Å². The zero-order valence-corrected chi connectivity index (χ0v) is 10.2. The van der Waals surface area contributed by atoms with Crippen LogP contribution in [0, 0.1) is 0 Å². The van der Waals surface area contributed by atoms with Crippen LogP contribution in [0.4, 0.5) is 0 Å². The molecular formula is C11H19NO6. The lowest BCUT2D eigenvalue weighted by atomic mass is 9.97. The predicted octanol–water partition coefficient (Wildman–Crippen LogP) is -1.87. The second-order valence-electron chi connectivity index (χ2n) is 4.05. The van der Waals surface area contributed by atoms with E-state index in [9.17, 15) is 15.0 Å². The molecule has 0 saturated carbocycles. The first kappa shape index (κ1) is 15.1. The zero-order valence-electron chi connectivity index (χ0n) is 10.2. The monoisotopic (exact) mass is 261 g/mol. The summed E-state index contributed by atoms with van der Waals surface area (Å²) in [6.45, 7) is 4.45. The molecule has 1 fully saturated rings. The quantitative estimate of drug-likeness (QED) is 0.432. The van der Waals surface area contributed by atoms with Crippen LogP contribution in [-0.4, -0.2) is 65.1 Å². The van der Waals surface area contributed by atoms with Gasteiger partial charge in [-0.05, 0) is 0 Å². The molecule has 1 aliphatic rings. The number of hydrogen-bond donors (Lipinski definition) is 4. The van der Waals surface area contributed by atoms with Crippen LogP contribution in [0.5, 0.6) is 0 Å². The van der Waals surface area contributed by atoms with Crippen LogP contribution in [0.15, 0.2) is 12.7 Å². The van der Waals surface area contributed by atoms with E-state index in [4.69, 9.17) is 14.6 Å². The summed E-state index contributed by atoms with van der Waals surface area (Å²) in [6, 6.07) is -0.903. The fourth-order valence-electron chi connectivity index (χ4n) is 1.78. The van der Waals surface area contributed by atoms with Crippen LogP contribution < -0.4 is 5.32 Å². The zero-order chi connectivity index (χ0) is 13.7. The Morgan fingerprint density at radius 2 is 2.17 bits per heavy atom. The lowest BCUT2D eigenvalue weighted by molar-refractivity contribution is -0.267. The van der Waals surface area contributed by atoms with Gasteiger partial charge >= 0.3 is 0 Å². The van der Waals surface area contributed by atoms with Crippen molar-refractivity contribution in [2.75, 3.05) is 13.2 Å². The maximum Gasteiger partial charge on any atom is 0.217 e. The van der Waals surface area contributed by atoms with E-state index in [-0.39, 0.29) is 12.5 Å². The van der Waals surface area contributed by atoms with Crippen LogP contribution in [0.1, 0.15) is 6.92 Å². The van der Waals surface area contributed by atoms with Crippen molar-refractivity contribution in [2.45, 2.75) is 37.6 Å². The van der Waals surface area contributed by atoms with Gasteiger partial charge in [0.15, 0.2) is 6.29 Å². The van der Waals surface area contributed by atoms with Crippen molar-refractivity contribution in [3.05, 3.63) is 12.7 Å². The molecule has 1 amide bonds. The number of aliphatic hydroxyl groups is 3. The predicted molar refractivity (Wildman–Crippen MR) is 61.5 cm³/mol. The number of ether oxygens (including phenoxy) is 2. The first-order valence-corrected chi connectivity index (χ1v) is 5.63. The second-order valence-corrected chi connectivity index (χ2v) is 4.05. The molecule has 0 aromatic carbocycles. The number of nitrogens with one attached hydrogen (secondary N) is 1. The molecule has 5 atom stereocenters. The molecular weight excluding hydrogens is 242 g/mol. The van der Waals surface area contributed by atoms with Crippen molar-refractivity contribution >= 4 is 5.91 Å². The van der Waals surface area contributed by atoms with Gasteiger partial charge in [0.25, 0.3) is 0 Å². The molecule has 0 aliphatic carbocycles.